The van der Waals surface area contributed by atoms with Crippen molar-refractivity contribution < 1.29 is 0 Å². The van der Waals surface area contributed by atoms with Crippen LogP contribution in [0.3, 0.4) is 0 Å². The Bertz CT molecular complexity index is 140. The Morgan fingerprint density at radius 3 is 2.54 bits per heavy atom. The van der Waals surface area contributed by atoms with Crippen molar-refractivity contribution in [1.82, 2.24) is 0 Å². The van der Waals surface area contributed by atoms with Gasteiger partial charge in [-0.2, -0.15) is 0 Å². The lowest BCUT2D eigenvalue weighted by Gasteiger charge is -2.21. The van der Waals surface area contributed by atoms with Crippen LogP contribution in [-0.2, 0) is 0 Å². The van der Waals surface area contributed by atoms with Gasteiger partial charge in [0.1, 0.15) is 0 Å². The minimum atomic E-state index is 1.05. The molecule has 0 saturated heterocycles. The van der Waals surface area contributed by atoms with Gasteiger partial charge in [0.25, 0.3) is 0 Å². The SMILES string of the molecule is C=C(CC)CCCC1CCCCC1. The van der Waals surface area contributed by atoms with E-state index in [1.54, 1.807) is 0 Å². The molecule has 1 aliphatic rings. The highest BCUT2D eigenvalue weighted by Crippen LogP contribution is 2.28. The average molecular weight is 180 g/mol. The van der Waals surface area contributed by atoms with Gasteiger partial charge in [0.2, 0.25) is 0 Å². The molecule has 1 aliphatic carbocycles. The van der Waals surface area contributed by atoms with Crippen LogP contribution in [0.2, 0.25) is 0 Å². The van der Waals surface area contributed by atoms with E-state index in [2.05, 4.69) is 13.5 Å². The van der Waals surface area contributed by atoms with Gasteiger partial charge in [-0.3, -0.25) is 0 Å². The van der Waals surface area contributed by atoms with E-state index in [9.17, 15) is 0 Å². The molecule has 1 saturated carbocycles. The maximum Gasteiger partial charge on any atom is -0.0323 e. The molecule has 0 bridgehead atoms. The molecule has 0 aromatic heterocycles. The lowest BCUT2D eigenvalue weighted by molar-refractivity contribution is 0.332. The number of allylic oxidation sites excluding steroid dienone is 1. The Morgan fingerprint density at radius 1 is 1.23 bits per heavy atom. The van der Waals surface area contributed by atoms with E-state index in [4.69, 9.17) is 0 Å². The van der Waals surface area contributed by atoms with Gasteiger partial charge >= 0.3 is 0 Å². The van der Waals surface area contributed by atoms with Crippen molar-refractivity contribution in [3.63, 3.8) is 0 Å². The second-order valence-corrected chi connectivity index (χ2v) is 4.50. The van der Waals surface area contributed by atoms with Crippen molar-refractivity contribution in [3.8, 4) is 0 Å². The molecular weight excluding hydrogens is 156 g/mol. The molecular formula is C13H24. The molecule has 0 atom stereocenters. The molecule has 0 heteroatoms. The normalized spacial score (nSPS) is 18.8. The van der Waals surface area contributed by atoms with Gasteiger partial charge in [-0.15, -0.1) is 0 Å². The molecule has 0 N–H and O–H groups in total. The maximum absolute atomic E-state index is 4.06. The fraction of sp³-hybridized carbons (Fsp3) is 0.846. The maximum atomic E-state index is 4.06. The minimum absolute atomic E-state index is 1.05. The second kappa shape index (κ2) is 6.23. The Balaban J connectivity index is 2.01. The number of hydrogen-bond acceptors (Lipinski definition) is 0. The third kappa shape index (κ3) is 4.50. The summed E-state index contributed by atoms with van der Waals surface area (Å²) in [6.07, 6.45) is 12.7. The summed E-state index contributed by atoms with van der Waals surface area (Å²) in [6.45, 7) is 6.27. The van der Waals surface area contributed by atoms with Gasteiger partial charge in [0, 0.05) is 0 Å². The molecule has 0 nitrogen and oxygen atoms in total. The molecule has 76 valence electrons. The summed E-state index contributed by atoms with van der Waals surface area (Å²) in [7, 11) is 0. The van der Waals surface area contributed by atoms with Crippen LogP contribution in [0.5, 0.6) is 0 Å². The van der Waals surface area contributed by atoms with Crippen molar-refractivity contribution in [3.05, 3.63) is 12.2 Å². The van der Waals surface area contributed by atoms with Gasteiger partial charge in [0.15, 0.2) is 0 Å². The van der Waals surface area contributed by atoms with Crippen LogP contribution in [0.4, 0.5) is 0 Å². The van der Waals surface area contributed by atoms with E-state index in [1.807, 2.05) is 0 Å². The van der Waals surface area contributed by atoms with Crippen LogP contribution in [0.25, 0.3) is 0 Å². The Hall–Kier alpha value is -0.260. The lowest BCUT2D eigenvalue weighted by Crippen LogP contribution is -2.05. The molecule has 1 rings (SSSR count). The Kier molecular flexibility index (Phi) is 5.19. The summed E-state index contributed by atoms with van der Waals surface area (Å²) in [5.41, 5.74) is 1.44. The number of hydrogen-bond donors (Lipinski definition) is 0. The molecule has 13 heavy (non-hydrogen) atoms. The molecule has 0 spiro atoms. The predicted octanol–water partition coefficient (Wildman–Crippen LogP) is 4.70. The lowest BCUT2D eigenvalue weighted by atomic mass is 9.85. The van der Waals surface area contributed by atoms with E-state index in [1.165, 1.54) is 63.4 Å². The van der Waals surface area contributed by atoms with Crippen LogP contribution in [0.15, 0.2) is 12.2 Å². The molecule has 0 aliphatic heterocycles. The molecule has 0 amide bonds. The van der Waals surface area contributed by atoms with Crippen LogP contribution < -0.4 is 0 Å². The van der Waals surface area contributed by atoms with E-state index >= 15 is 0 Å². The summed E-state index contributed by atoms with van der Waals surface area (Å²) in [4.78, 5) is 0. The molecule has 0 unspecified atom stereocenters. The smallest absolute Gasteiger partial charge is 0.0323 e. The van der Waals surface area contributed by atoms with Gasteiger partial charge in [-0.25, -0.2) is 0 Å². The highest BCUT2D eigenvalue weighted by atomic mass is 14.2. The molecule has 1 fully saturated rings. The fourth-order valence-electron chi connectivity index (χ4n) is 2.29. The summed E-state index contributed by atoms with van der Waals surface area (Å²) in [6, 6.07) is 0. The van der Waals surface area contributed by atoms with Crippen molar-refractivity contribution in [1.29, 1.82) is 0 Å². The molecule has 0 radical (unpaired) electrons. The van der Waals surface area contributed by atoms with Gasteiger partial charge in [0.05, 0.1) is 0 Å². The molecule has 0 heterocycles. The zero-order chi connectivity index (χ0) is 9.52. The predicted molar refractivity (Wildman–Crippen MR) is 59.9 cm³/mol. The highest BCUT2D eigenvalue weighted by Gasteiger charge is 2.12. The van der Waals surface area contributed by atoms with Gasteiger partial charge < -0.3 is 0 Å². The first-order valence-corrected chi connectivity index (χ1v) is 5.99. The standard InChI is InChI=1S/C13H24/c1-3-12(2)8-7-11-13-9-5-4-6-10-13/h13H,2-11H2,1H3. The Labute approximate surface area is 83.4 Å². The zero-order valence-electron chi connectivity index (χ0n) is 9.15. The van der Waals surface area contributed by atoms with Crippen molar-refractivity contribution >= 4 is 0 Å². The first-order valence-electron chi connectivity index (χ1n) is 5.99. The topological polar surface area (TPSA) is 0 Å². The van der Waals surface area contributed by atoms with Crippen LogP contribution in [0, 0.1) is 5.92 Å². The largest absolute Gasteiger partial charge is 0.0999 e. The molecule has 0 aromatic rings. The van der Waals surface area contributed by atoms with Crippen molar-refractivity contribution in [2.45, 2.75) is 64.7 Å². The Morgan fingerprint density at radius 2 is 1.92 bits per heavy atom. The third-order valence-corrected chi connectivity index (χ3v) is 3.37. The first kappa shape index (κ1) is 10.8. The third-order valence-electron chi connectivity index (χ3n) is 3.37. The van der Waals surface area contributed by atoms with Crippen molar-refractivity contribution in [2.75, 3.05) is 0 Å². The van der Waals surface area contributed by atoms with Crippen molar-refractivity contribution in [2.24, 2.45) is 5.92 Å². The van der Waals surface area contributed by atoms with E-state index in [-0.39, 0.29) is 0 Å². The first-order chi connectivity index (χ1) is 6.33. The summed E-state index contributed by atoms with van der Waals surface area (Å²) in [5, 5.41) is 0. The quantitative estimate of drug-likeness (QED) is 0.538. The fourth-order valence-corrected chi connectivity index (χ4v) is 2.29. The van der Waals surface area contributed by atoms with E-state index in [0.717, 1.165) is 5.92 Å². The minimum Gasteiger partial charge on any atom is -0.0999 e. The summed E-state index contributed by atoms with van der Waals surface area (Å²) >= 11 is 0. The van der Waals surface area contributed by atoms with Gasteiger partial charge in [-0.1, -0.05) is 57.6 Å². The highest BCUT2D eigenvalue weighted by molar-refractivity contribution is 4.92. The average Bonchev–Trinajstić information content (AvgIpc) is 2.19. The van der Waals surface area contributed by atoms with Crippen LogP contribution >= 0.6 is 0 Å². The van der Waals surface area contributed by atoms with Crippen LogP contribution in [-0.4, -0.2) is 0 Å². The number of rotatable bonds is 5. The van der Waals surface area contributed by atoms with Crippen LogP contribution in [0.1, 0.15) is 64.7 Å². The van der Waals surface area contributed by atoms with E-state index in [0.29, 0.717) is 0 Å². The summed E-state index contributed by atoms with van der Waals surface area (Å²) < 4.78 is 0. The second-order valence-electron chi connectivity index (χ2n) is 4.50. The van der Waals surface area contributed by atoms with E-state index < -0.39 is 0 Å². The molecule has 0 aromatic carbocycles. The zero-order valence-corrected chi connectivity index (χ0v) is 9.15. The van der Waals surface area contributed by atoms with Gasteiger partial charge in [-0.05, 0) is 25.2 Å². The summed E-state index contributed by atoms with van der Waals surface area (Å²) in [5.74, 6) is 1.05. The monoisotopic (exact) mass is 180 g/mol.